The lowest BCUT2D eigenvalue weighted by molar-refractivity contribution is 0.133. The van der Waals surface area contributed by atoms with Gasteiger partial charge in [-0.2, -0.15) is 0 Å². The molecule has 8 heteroatoms. The lowest BCUT2D eigenvalue weighted by atomic mass is 10.3. The molecule has 0 heterocycles. The highest BCUT2D eigenvalue weighted by Gasteiger charge is 2.22. The number of hydrogen-bond acceptors (Lipinski definition) is 4. The molecule has 0 aromatic heterocycles. The van der Waals surface area contributed by atoms with Crippen molar-refractivity contribution in [3.05, 3.63) is 23.8 Å². The normalized spacial score (nSPS) is 11.8. The van der Waals surface area contributed by atoms with E-state index in [0.717, 1.165) is 18.6 Å². The van der Waals surface area contributed by atoms with E-state index >= 15 is 0 Å². The highest BCUT2D eigenvalue weighted by atomic mass is 32.2. The summed E-state index contributed by atoms with van der Waals surface area (Å²) in [6.07, 6.45) is 1.31. The molecule has 0 spiro atoms. The number of rotatable bonds is 8. The molecule has 3 N–H and O–H groups in total. The van der Waals surface area contributed by atoms with Crippen LogP contribution in [0.4, 0.5) is 14.5 Å². The van der Waals surface area contributed by atoms with Crippen LogP contribution in [0.5, 0.6) is 0 Å². The molecule has 0 radical (unpaired) electrons. The summed E-state index contributed by atoms with van der Waals surface area (Å²) < 4.78 is 57.6. The first kappa shape index (κ1) is 16.8. The second kappa shape index (κ2) is 7.51. The largest absolute Gasteiger partial charge is 0.399 e. The van der Waals surface area contributed by atoms with Gasteiger partial charge in [0, 0.05) is 25.4 Å². The molecule has 1 aromatic rings. The Balaban J connectivity index is 2.65. The van der Waals surface area contributed by atoms with Crippen molar-refractivity contribution in [2.24, 2.45) is 0 Å². The molecule has 0 unspecified atom stereocenters. The van der Waals surface area contributed by atoms with Crippen LogP contribution in [0, 0.1) is 11.6 Å². The standard InChI is InChI=1S/C12H18F2N2O3S/c1-2-5-19-6-3-4-16-20(17,18)11-8-9(15)7-10(13)12(11)14/h7-8,16H,2-6,15H2,1H3. The van der Waals surface area contributed by atoms with Crippen LogP contribution in [0.3, 0.4) is 0 Å². The number of nitrogen functional groups attached to an aromatic ring is 1. The fourth-order valence-electron chi connectivity index (χ4n) is 1.48. The smallest absolute Gasteiger partial charge is 0.243 e. The van der Waals surface area contributed by atoms with E-state index in [1.54, 1.807) is 0 Å². The molecule has 0 atom stereocenters. The summed E-state index contributed by atoms with van der Waals surface area (Å²) in [6, 6.07) is 1.61. The second-order valence-electron chi connectivity index (χ2n) is 4.18. The van der Waals surface area contributed by atoms with Gasteiger partial charge in [-0.15, -0.1) is 0 Å². The molecule has 0 aliphatic heterocycles. The topological polar surface area (TPSA) is 81.4 Å². The third kappa shape index (κ3) is 4.69. The predicted octanol–water partition coefficient (Wildman–Crippen LogP) is 1.64. The van der Waals surface area contributed by atoms with Gasteiger partial charge in [-0.1, -0.05) is 6.92 Å². The molecular formula is C12H18F2N2O3S. The lowest BCUT2D eigenvalue weighted by Gasteiger charge is -2.09. The third-order valence-corrected chi connectivity index (χ3v) is 3.87. The number of halogens is 2. The van der Waals surface area contributed by atoms with Gasteiger partial charge in [-0.3, -0.25) is 0 Å². The first-order chi connectivity index (χ1) is 9.38. The maximum absolute atomic E-state index is 13.5. The Hall–Kier alpha value is -1.25. The van der Waals surface area contributed by atoms with Crippen molar-refractivity contribution in [2.45, 2.75) is 24.7 Å². The van der Waals surface area contributed by atoms with Crippen molar-refractivity contribution < 1.29 is 21.9 Å². The predicted molar refractivity (Wildman–Crippen MR) is 71.7 cm³/mol. The molecule has 0 bridgehead atoms. The summed E-state index contributed by atoms with van der Waals surface area (Å²) in [7, 11) is -4.13. The minimum absolute atomic E-state index is 0.0713. The fraction of sp³-hybridized carbons (Fsp3) is 0.500. The van der Waals surface area contributed by atoms with Crippen LogP contribution in [-0.2, 0) is 14.8 Å². The van der Waals surface area contributed by atoms with Crippen molar-refractivity contribution in [3.63, 3.8) is 0 Å². The molecule has 1 rings (SSSR count). The van der Waals surface area contributed by atoms with Gasteiger partial charge in [-0.05, 0) is 25.0 Å². The maximum Gasteiger partial charge on any atom is 0.243 e. The Kier molecular flexibility index (Phi) is 6.31. The minimum Gasteiger partial charge on any atom is -0.399 e. The maximum atomic E-state index is 13.5. The van der Waals surface area contributed by atoms with Gasteiger partial charge in [0.1, 0.15) is 4.90 Å². The number of benzene rings is 1. The summed E-state index contributed by atoms with van der Waals surface area (Å²) in [5.41, 5.74) is 5.16. The van der Waals surface area contributed by atoms with Crippen molar-refractivity contribution in [2.75, 3.05) is 25.5 Å². The summed E-state index contributed by atoms with van der Waals surface area (Å²) in [6.45, 7) is 3.02. The van der Waals surface area contributed by atoms with Crippen molar-refractivity contribution in [1.82, 2.24) is 4.72 Å². The highest BCUT2D eigenvalue weighted by molar-refractivity contribution is 7.89. The van der Waals surface area contributed by atoms with E-state index < -0.39 is 26.6 Å². The molecule has 0 saturated carbocycles. The van der Waals surface area contributed by atoms with Gasteiger partial charge in [0.2, 0.25) is 10.0 Å². The monoisotopic (exact) mass is 308 g/mol. The number of sulfonamides is 1. The summed E-state index contributed by atoms with van der Waals surface area (Å²) in [5, 5.41) is 0. The van der Waals surface area contributed by atoms with E-state index in [4.69, 9.17) is 10.5 Å². The van der Waals surface area contributed by atoms with Crippen LogP contribution in [-0.4, -0.2) is 28.2 Å². The van der Waals surface area contributed by atoms with Crippen molar-refractivity contribution in [1.29, 1.82) is 0 Å². The Morgan fingerprint density at radius 3 is 2.65 bits per heavy atom. The number of hydrogen-bond donors (Lipinski definition) is 2. The van der Waals surface area contributed by atoms with Crippen LogP contribution in [0.25, 0.3) is 0 Å². The first-order valence-corrected chi connectivity index (χ1v) is 7.68. The molecule has 0 aliphatic rings. The number of nitrogens with two attached hydrogens (primary N) is 1. The highest BCUT2D eigenvalue weighted by Crippen LogP contribution is 2.20. The summed E-state index contributed by atoms with van der Waals surface area (Å²) >= 11 is 0. The van der Waals surface area contributed by atoms with Crippen LogP contribution in [0.2, 0.25) is 0 Å². The second-order valence-corrected chi connectivity index (χ2v) is 5.91. The Morgan fingerprint density at radius 1 is 1.30 bits per heavy atom. The van der Waals surface area contributed by atoms with Crippen LogP contribution in [0.15, 0.2) is 17.0 Å². The van der Waals surface area contributed by atoms with Gasteiger partial charge in [0.15, 0.2) is 11.6 Å². The lowest BCUT2D eigenvalue weighted by Crippen LogP contribution is -2.27. The van der Waals surface area contributed by atoms with Gasteiger partial charge in [0.25, 0.3) is 0 Å². The average molecular weight is 308 g/mol. The zero-order chi connectivity index (χ0) is 15.2. The number of ether oxygens (including phenoxy) is 1. The van der Waals surface area contributed by atoms with Crippen LogP contribution < -0.4 is 10.5 Å². The summed E-state index contributed by atoms with van der Waals surface area (Å²) in [5.74, 6) is -2.73. The molecule has 0 saturated heterocycles. The zero-order valence-electron chi connectivity index (χ0n) is 11.2. The minimum atomic E-state index is -4.13. The van der Waals surface area contributed by atoms with Crippen molar-refractivity contribution >= 4 is 15.7 Å². The van der Waals surface area contributed by atoms with Crippen LogP contribution >= 0.6 is 0 Å². The Morgan fingerprint density at radius 2 is 2.00 bits per heavy atom. The quantitative estimate of drug-likeness (QED) is 0.565. The first-order valence-electron chi connectivity index (χ1n) is 6.20. The van der Waals surface area contributed by atoms with Gasteiger partial charge >= 0.3 is 0 Å². The molecule has 114 valence electrons. The van der Waals surface area contributed by atoms with E-state index in [9.17, 15) is 17.2 Å². The van der Waals surface area contributed by atoms with Gasteiger partial charge < -0.3 is 10.5 Å². The average Bonchev–Trinajstić information content (AvgIpc) is 2.37. The number of nitrogens with one attached hydrogen (secondary N) is 1. The van der Waals surface area contributed by atoms with E-state index in [2.05, 4.69) is 4.72 Å². The van der Waals surface area contributed by atoms with Crippen molar-refractivity contribution in [3.8, 4) is 0 Å². The molecule has 20 heavy (non-hydrogen) atoms. The fourth-order valence-corrected chi connectivity index (χ4v) is 2.68. The molecule has 0 amide bonds. The summed E-state index contributed by atoms with van der Waals surface area (Å²) in [4.78, 5) is -0.788. The van der Waals surface area contributed by atoms with Gasteiger partial charge in [-0.25, -0.2) is 21.9 Å². The zero-order valence-corrected chi connectivity index (χ0v) is 12.0. The molecule has 5 nitrogen and oxygen atoms in total. The molecule has 1 aromatic carbocycles. The Bertz CT molecular complexity index is 550. The van der Waals surface area contributed by atoms with Crippen LogP contribution in [0.1, 0.15) is 19.8 Å². The Labute approximate surface area is 117 Å². The molecule has 0 aliphatic carbocycles. The van der Waals surface area contributed by atoms with E-state index in [-0.39, 0.29) is 12.2 Å². The third-order valence-electron chi connectivity index (χ3n) is 2.41. The van der Waals surface area contributed by atoms with Gasteiger partial charge in [0.05, 0.1) is 0 Å². The molecular weight excluding hydrogens is 290 g/mol. The SMILES string of the molecule is CCCOCCCNS(=O)(=O)c1cc(N)cc(F)c1F. The number of anilines is 1. The van der Waals surface area contributed by atoms with E-state index in [1.807, 2.05) is 6.92 Å². The van der Waals surface area contributed by atoms with E-state index in [1.165, 1.54) is 0 Å². The van der Waals surface area contributed by atoms with E-state index in [0.29, 0.717) is 19.6 Å². The molecule has 0 fully saturated rings.